The average Bonchev–Trinajstić information content (AvgIpc) is 3.30. The number of hydrogen-bond donors (Lipinski definition) is 1. The number of amides is 1. The van der Waals surface area contributed by atoms with Gasteiger partial charge < -0.3 is 14.6 Å². The summed E-state index contributed by atoms with van der Waals surface area (Å²) in [6.45, 7) is 2.45. The monoisotopic (exact) mass is 346 g/mol. The Morgan fingerprint density at radius 2 is 1.88 bits per heavy atom. The first-order valence-electron chi connectivity index (χ1n) is 9.16. The van der Waals surface area contributed by atoms with Crippen molar-refractivity contribution >= 4 is 16.8 Å². The van der Waals surface area contributed by atoms with Gasteiger partial charge in [-0.2, -0.15) is 0 Å². The minimum absolute atomic E-state index is 0.108. The van der Waals surface area contributed by atoms with Crippen LogP contribution in [0.1, 0.15) is 42.6 Å². The Morgan fingerprint density at radius 3 is 2.62 bits per heavy atom. The molecule has 2 aromatic carbocycles. The van der Waals surface area contributed by atoms with Crippen molar-refractivity contribution in [3.05, 3.63) is 65.4 Å². The van der Waals surface area contributed by atoms with Gasteiger partial charge in [0.25, 0.3) is 0 Å². The fourth-order valence-corrected chi connectivity index (χ4v) is 4.66. The van der Waals surface area contributed by atoms with Gasteiger partial charge in [-0.3, -0.25) is 4.79 Å². The van der Waals surface area contributed by atoms with Crippen LogP contribution in [0.5, 0.6) is 5.75 Å². The zero-order valence-corrected chi connectivity index (χ0v) is 15.1. The second-order valence-electron chi connectivity index (χ2n) is 7.53. The molecule has 1 aliphatic carbocycles. The number of H-pyrrole nitrogens is 1. The number of hydrogen-bond acceptors (Lipinski definition) is 2. The quantitative estimate of drug-likeness (QED) is 0.757. The van der Waals surface area contributed by atoms with E-state index in [1.807, 2.05) is 23.1 Å². The number of para-hydroxylation sites is 2. The Morgan fingerprint density at radius 1 is 1.15 bits per heavy atom. The first-order valence-corrected chi connectivity index (χ1v) is 9.16. The van der Waals surface area contributed by atoms with Crippen molar-refractivity contribution in [3.8, 4) is 5.75 Å². The van der Waals surface area contributed by atoms with Crippen LogP contribution in [-0.4, -0.2) is 29.4 Å². The van der Waals surface area contributed by atoms with Crippen LogP contribution in [0.15, 0.2) is 48.5 Å². The van der Waals surface area contributed by atoms with Gasteiger partial charge in [-0.1, -0.05) is 36.4 Å². The topological polar surface area (TPSA) is 45.3 Å². The number of aromatic nitrogens is 1. The first-order chi connectivity index (χ1) is 12.6. The molecule has 1 spiro atoms. The van der Waals surface area contributed by atoms with E-state index in [1.54, 1.807) is 14.0 Å². The fourth-order valence-electron chi connectivity index (χ4n) is 4.66. The molecule has 0 radical (unpaired) electrons. The van der Waals surface area contributed by atoms with E-state index in [4.69, 9.17) is 4.74 Å². The molecule has 1 aliphatic heterocycles. The normalized spacial score (nSPS) is 20.2. The second-order valence-corrected chi connectivity index (χ2v) is 7.53. The average molecular weight is 346 g/mol. The lowest BCUT2D eigenvalue weighted by Gasteiger charge is -2.40. The van der Waals surface area contributed by atoms with E-state index in [0.29, 0.717) is 0 Å². The van der Waals surface area contributed by atoms with E-state index >= 15 is 0 Å². The number of benzene rings is 2. The Labute approximate surface area is 152 Å². The lowest BCUT2D eigenvalue weighted by atomic mass is 9.83. The Bertz CT molecular complexity index is 1020. The highest BCUT2D eigenvalue weighted by molar-refractivity contribution is 5.88. The van der Waals surface area contributed by atoms with E-state index in [-0.39, 0.29) is 17.4 Å². The SMILES string of the molecule is COc1ccccc1C1c2[nH]c3ccccc3c2C2(CC2)CN1C(C)=O. The molecule has 3 aromatic rings. The third-order valence-corrected chi connectivity index (χ3v) is 6.02. The van der Waals surface area contributed by atoms with Gasteiger partial charge in [0.1, 0.15) is 11.8 Å². The lowest BCUT2D eigenvalue weighted by molar-refractivity contribution is -0.131. The summed E-state index contributed by atoms with van der Waals surface area (Å²) in [7, 11) is 1.69. The molecule has 4 heteroatoms. The molecule has 2 aliphatic rings. The van der Waals surface area contributed by atoms with Gasteiger partial charge >= 0.3 is 0 Å². The van der Waals surface area contributed by atoms with Crippen LogP contribution in [0.2, 0.25) is 0 Å². The molecule has 1 unspecified atom stereocenters. The maximum Gasteiger partial charge on any atom is 0.220 e. The maximum absolute atomic E-state index is 12.6. The Balaban J connectivity index is 1.81. The van der Waals surface area contributed by atoms with Crippen LogP contribution in [0, 0.1) is 0 Å². The molecular formula is C22H22N2O2. The van der Waals surface area contributed by atoms with Gasteiger partial charge in [0, 0.05) is 41.0 Å². The van der Waals surface area contributed by atoms with Crippen molar-refractivity contribution in [2.75, 3.05) is 13.7 Å². The number of carbonyl (C=O) groups excluding carboxylic acids is 1. The molecule has 1 saturated carbocycles. The largest absolute Gasteiger partial charge is 0.496 e. The number of fused-ring (bicyclic) bond motifs is 4. The van der Waals surface area contributed by atoms with Crippen LogP contribution in [0.4, 0.5) is 0 Å². The molecule has 1 atom stereocenters. The number of rotatable bonds is 2. The van der Waals surface area contributed by atoms with E-state index in [0.717, 1.165) is 41.9 Å². The molecule has 5 rings (SSSR count). The van der Waals surface area contributed by atoms with Gasteiger partial charge in [0.15, 0.2) is 0 Å². The smallest absolute Gasteiger partial charge is 0.220 e. The number of carbonyl (C=O) groups is 1. The van der Waals surface area contributed by atoms with Gasteiger partial charge in [0.2, 0.25) is 5.91 Å². The lowest BCUT2D eigenvalue weighted by Crippen LogP contribution is -2.44. The summed E-state index contributed by atoms with van der Waals surface area (Å²) in [6.07, 6.45) is 2.29. The highest BCUT2D eigenvalue weighted by atomic mass is 16.5. The third kappa shape index (κ3) is 2.05. The van der Waals surface area contributed by atoms with Crippen LogP contribution in [-0.2, 0) is 10.2 Å². The Hall–Kier alpha value is -2.75. The minimum atomic E-state index is -0.141. The molecule has 26 heavy (non-hydrogen) atoms. The first kappa shape index (κ1) is 15.5. The molecule has 4 nitrogen and oxygen atoms in total. The van der Waals surface area contributed by atoms with Crippen molar-refractivity contribution in [1.29, 1.82) is 0 Å². The molecule has 2 heterocycles. The Kier molecular flexibility index (Phi) is 3.20. The molecule has 1 amide bonds. The number of methoxy groups -OCH3 is 1. The van der Waals surface area contributed by atoms with Crippen LogP contribution in [0.25, 0.3) is 10.9 Å². The van der Waals surface area contributed by atoms with Gasteiger partial charge in [-0.05, 0) is 30.5 Å². The van der Waals surface area contributed by atoms with Gasteiger partial charge in [-0.15, -0.1) is 0 Å². The van der Waals surface area contributed by atoms with Crippen LogP contribution in [0.3, 0.4) is 0 Å². The summed E-state index contributed by atoms with van der Waals surface area (Å²) in [5.74, 6) is 0.927. The van der Waals surface area contributed by atoms with Crippen molar-refractivity contribution in [2.45, 2.75) is 31.2 Å². The van der Waals surface area contributed by atoms with Crippen molar-refractivity contribution in [3.63, 3.8) is 0 Å². The third-order valence-electron chi connectivity index (χ3n) is 6.02. The molecular weight excluding hydrogens is 324 g/mol. The molecule has 132 valence electrons. The molecule has 0 bridgehead atoms. The summed E-state index contributed by atoms with van der Waals surface area (Å²) in [4.78, 5) is 18.3. The van der Waals surface area contributed by atoms with Gasteiger partial charge in [0.05, 0.1) is 7.11 Å². The van der Waals surface area contributed by atoms with E-state index in [1.165, 1.54) is 10.9 Å². The van der Waals surface area contributed by atoms with Crippen molar-refractivity contribution < 1.29 is 9.53 Å². The van der Waals surface area contributed by atoms with Crippen molar-refractivity contribution in [2.24, 2.45) is 0 Å². The highest BCUT2D eigenvalue weighted by Crippen LogP contribution is 2.58. The summed E-state index contributed by atoms with van der Waals surface area (Å²) in [6, 6.07) is 16.4. The zero-order valence-electron chi connectivity index (χ0n) is 15.1. The van der Waals surface area contributed by atoms with E-state index in [2.05, 4.69) is 35.3 Å². The number of nitrogens with zero attached hydrogens (tertiary/aromatic N) is 1. The number of nitrogens with one attached hydrogen (secondary N) is 1. The minimum Gasteiger partial charge on any atom is -0.496 e. The maximum atomic E-state index is 12.6. The predicted molar refractivity (Wildman–Crippen MR) is 101 cm³/mol. The molecule has 0 saturated heterocycles. The van der Waals surface area contributed by atoms with Crippen LogP contribution < -0.4 is 4.74 Å². The van der Waals surface area contributed by atoms with Crippen LogP contribution >= 0.6 is 0 Å². The number of ether oxygens (including phenoxy) is 1. The summed E-state index contributed by atoms with van der Waals surface area (Å²) in [5.41, 5.74) is 4.85. The van der Waals surface area contributed by atoms with Gasteiger partial charge in [-0.25, -0.2) is 0 Å². The highest BCUT2D eigenvalue weighted by Gasteiger charge is 2.54. The molecule has 1 N–H and O–H groups in total. The predicted octanol–water partition coefficient (Wildman–Crippen LogP) is 4.16. The summed E-state index contributed by atoms with van der Waals surface area (Å²) < 4.78 is 5.63. The standard InChI is InChI=1S/C22H22N2O2/c1-14(25)24-13-22(11-12-22)19-15-7-3-5-9-17(15)23-20(19)21(24)16-8-4-6-10-18(16)26-2/h3-10,21,23H,11-13H2,1-2H3. The summed E-state index contributed by atoms with van der Waals surface area (Å²) >= 11 is 0. The van der Waals surface area contributed by atoms with E-state index in [9.17, 15) is 4.79 Å². The number of aromatic amines is 1. The zero-order chi connectivity index (χ0) is 17.9. The second kappa shape index (κ2) is 5.37. The van der Waals surface area contributed by atoms with Crippen molar-refractivity contribution in [1.82, 2.24) is 9.88 Å². The fraction of sp³-hybridized carbons (Fsp3) is 0.318. The molecule has 1 fully saturated rings. The molecule has 1 aromatic heterocycles. The van der Waals surface area contributed by atoms with E-state index < -0.39 is 0 Å². The summed E-state index contributed by atoms with van der Waals surface area (Å²) in [5, 5.41) is 1.29.